The van der Waals surface area contributed by atoms with E-state index in [-0.39, 0.29) is 10.6 Å². The summed E-state index contributed by atoms with van der Waals surface area (Å²) in [7, 11) is 0. The van der Waals surface area contributed by atoms with E-state index in [0.717, 1.165) is 12.1 Å². The molecule has 0 aliphatic heterocycles. The van der Waals surface area contributed by atoms with Gasteiger partial charge in [-0.15, -0.1) is 0 Å². The maximum Gasteiger partial charge on any atom is 0.135 e. The van der Waals surface area contributed by atoms with Crippen molar-refractivity contribution in [1.29, 1.82) is 0 Å². The minimum Gasteiger partial charge on any atom is -0.389 e. The number of anilines is 2. The summed E-state index contributed by atoms with van der Waals surface area (Å²) in [5.41, 5.74) is 8.63. The van der Waals surface area contributed by atoms with E-state index in [9.17, 15) is 4.39 Å². The molecule has 0 saturated carbocycles. The van der Waals surface area contributed by atoms with Crippen molar-refractivity contribution in [3.05, 3.63) is 59.4 Å². The molecule has 0 atom stereocenters. The van der Waals surface area contributed by atoms with Gasteiger partial charge >= 0.3 is 0 Å². The Hall–Kier alpha value is -1.94. The minimum atomic E-state index is -0.410. The Morgan fingerprint density at radius 2 is 1.90 bits per heavy atom. The van der Waals surface area contributed by atoms with Crippen LogP contribution in [0.2, 0.25) is 0 Å². The van der Waals surface area contributed by atoms with Gasteiger partial charge in [-0.25, -0.2) is 4.39 Å². The lowest BCUT2D eigenvalue weighted by Crippen LogP contribution is -2.14. The number of benzene rings is 2. The number of hydrogen-bond donors (Lipinski definition) is 2. The van der Waals surface area contributed by atoms with Crippen molar-refractivity contribution >= 4 is 28.6 Å². The second kappa shape index (κ2) is 7.18. The number of nitrogens with two attached hydrogens (primary N) is 1. The first-order valence-corrected chi connectivity index (χ1v) is 7.47. The van der Waals surface area contributed by atoms with E-state index in [2.05, 4.69) is 24.4 Å². The maximum atomic E-state index is 13.8. The minimum absolute atomic E-state index is 0.0511. The van der Waals surface area contributed by atoms with Crippen LogP contribution in [0.5, 0.6) is 0 Å². The van der Waals surface area contributed by atoms with Crippen molar-refractivity contribution < 1.29 is 4.39 Å². The van der Waals surface area contributed by atoms with Gasteiger partial charge < -0.3 is 11.1 Å². The molecule has 0 heterocycles. The number of hydrogen-bond acceptors (Lipinski definition) is 2. The monoisotopic (exact) mass is 302 g/mol. The number of nitrogens with one attached hydrogen (secondary N) is 1. The fourth-order valence-electron chi connectivity index (χ4n) is 2.17. The molecule has 0 spiro atoms. The van der Waals surface area contributed by atoms with Crippen LogP contribution in [-0.4, -0.2) is 4.99 Å². The van der Waals surface area contributed by atoms with Gasteiger partial charge in [0.2, 0.25) is 0 Å². The summed E-state index contributed by atoms with van der Waals surface area (Å²) in [4.78, 5) is 0.0511. The summed E-state index contributed by atoms with van der Waals surface area (Å²) in [6.07, 6.45) is 3.44. The van der Waals surface area contributed by atoms with Crippen LogP contribution >= 0.6 is 12.2 Å². The van der Waals surface area contributed by atoms with Gasteiger partial charge in [0.15, 0.2) is 0 Å². The van der Waals surface area contributed by atoms with Gasteiger partial charge in [0, 0.05) is 5.69 Å². The Labute approximate surface area is 130 Å². The van der Waals surface area contributed by atoms with E-state index in [0.29, 0.717) is 5.69 Å². The lowest BCUT2D eigenvalue weighted by molar-refractivity contribution is 0.626. The fourth-order valence-corrected chi connectivity index (χ4v) is 2.38. The number of rotatable bonds is 6. The smallest absolute Gasteiger partial charge is 0.135 e. The molecule has 0 saturated heterocycles. The van der Waals surface area contributed by atoms with Crippen LogP contribution in [0, 0.1) is 5.82 Å². The first-order chi connectivity index (χ1) is 10.1. The molecule has 0 aliphatic rings. The highest BCUT2D eigenvalue weighted by Crippen LogP contribution is 2.23. The second-order valence-corrected chi connectivity index (χ2v) is 5.39. The third-order valence-corrected chi connectivity index (χ3v) is 3.52. The van der Waals surface area contributed by atoms with Gasteiger partial charge in [-0.05, 0) is 42.7 Å². The van der Waals surface area contributed by atoms with Gasteiger partial charge in [-0.1, -0.05) is 43.8 Å². The summed E-state index contributed by atoms with van der Waals surface area (Å²) >= 11 is 4.92. The molecule has 110 valence electrons. The van der Waals surface area contributed by atoms with E-state index in [1.807, 2.05) is 12.1 Å². The summed E-state index contributed by atoms with van der Waals surface area (Å²) in [6.45, 7) is 2.18. The van der Waals surface area contributed by atoms with Crippen molar-refractivity contribution in [3.8, 4) is 0 Å². The average Bonchev–Trinajstić information content (AvgIpc) is 2.46. The lowest BCUT2D eigenvalue weighted by atomic mass is 10.1. The Morgan fingerprint density at radius 1 is 1.19 bits per heavy atom. The molecule has 2 rings (SSSR count). The Bertz CT molecular complexity index is 623. The fraction of sp³-hybridized carbons (Fsp3) is 0.235. The molecule has 21 heavy (non-hydrogen) atoms. The highest BCUT2D eigenvalue weighted by molar-refractivity contribution is 7.80. The first kappa shape index (κ1) is 15.4. The number of unbranched alkanes of at least 4 members (excludes halogenated alkanes) is 1. The van der Waals surface area contributed by atoms with Crippen molar-refractivity contribution in [1.82, 2.24) is 0 Å². The predicted molar refractivity (Wildman–Crippen MR) is 90.6 cm³/mol. The summed E-state index contributed by atoms with van der Waals surface area (Å²) in [5.74, 6) is -0.410. The van der Waals surface area contributed by atoms with Crippen LogP contribution in [0.1, 0.15) is 30.9 Å². The van der Waals surface area contributed by atoms with Crippen LogP contribution in [0.4, 0.5) is 15.8 Å². The topological polar surface area (TPSA) is 38.0 Å². The normalized spacial score (nSPS) is 10.4. The third kappa shape index (κ3) is 4.02. The summed E-state index contributed by atoms with van der Waals surface area (Å²) in [6, 6.07) is 12.9. The van der Waals surface area contributed by atoms with Crippen molar-refractivity contribution in [2.24, 2.45) is 5.73 Å². The van der Waals surface area contributed by atoms with Gasteiger partial charge in [-0.3, -0.25) is 0 Å². The highest BCUT2D eigenvalue weighted by Gasteiger charge is 2.11. The van der Waals surface area contributed by atoms with Gasteiger partial charge in [0.05, 0.1) is 11.3 Å². The zero-order chi connectivity index (χ0) is 15.2. The largest absolute Gasteiger partial charge is 0.389 e. The summed E-state index contributed by atoms with van der Waals surface area (Å²) in [5, 5.41) is 3.17. The molecule has 0 radical (unpaired) electrons. The third-order valence-electron chi connectivity index (χ3n) is 3.31. The standard InChI is InChI=1S/C17H19FN2S/c1-2-3-5-12-8-10-13(11-9-12)20-15-7-4-6-14(18)16(15)17(19)21/h4,6-11,20H,2-3,5H2,1H3,(H2,19,21). The maximum absolute atomic E-state index is 13.8. The van der Waals surface area contributed by atoms with E-state index in [1.165, 1.54) is 24.5 Å². The van der Waals surface area contributed by atoms with Crippen LogP contribution in [-0.2, 0) is 6.42 Å². The zero-order valence-corrected chi connectivity index (χ0v) is 12.8. The van der Waals surface area contributed by atoms with E-state index >= 15 is 0 Å². The molecular weight excluding hydrogens is 283 g/mol. The SMILES string of the molecule is CCCCc1ccc(Nc2cccc(F)c2C(N)=S)cc1. The lowest BCUT2D eigenvalue weighted by Gasteiger charge is -2.12. The van der Waals surface area contributed by atoms with Crippen molar-refractivity contribution in [2.75, 3.05) is 5.32 Å². The summed E-state index contributed by atoms with van der Waals surface area (Å²) < 4.78 is 13.8. The van der Waals surface area contributed by atoms with Gasteiger partial charge in [-0.2, -0.15) is 0 Å². The highest BCUT2D eigenvalue weighted by atomic mass is 32.1. The Kier molecular flexibility index (Phi) is 5.28. The number of aryl methyl sites for hydroxylation is 1. The molecule has 4 heteroatoms. The molecule has 2 aromatic carbocycles. The zero-order valence-electron chi connectivity index (χ0n) is 12.0. The van der Waals surface area contributed by atoms with E-state index in [1.54, 1.807) is 12.1 Å². The molecule has 0 fully saturated rings. The van der Waals surface area contributed by atoms with Crippen molar-refractivity contribution in [3.63, 3.8) is 0 Å². The van der Waals surface area contributed by atoms with Gasteiger partial charge in [0.25, 0.3) is 0 Å². The molecule has 2 aromatic rings. The molecule has 0 aromatic heterocycles. The van der Waals surface area contributed by atoms with E-state index in [4.69, 9.17) is 18.0 Å². The van der Waals surface area contributed by atoms with Crippen LogP contribution in [0.3, 0.4) is 0 Å². The average molecular weight is 302 g/mol. The predicted octanol–water partition coefficient (Wildman–Crippen LogP) is 4.55. The molecular formula is C17H19FN2S. The molecule has 0 aliphatic carbocycles. The first-order valence-electron chi connectivity index (χ1n) is 7.06. The number of halogens is 1. The Morgan fingerprint density at radius 3 is 2.52 bits per heavy atom. The van der Waals surface area contributed by atoms with Crippen LogP contribution < -0.4 is 11.1 Å². The molecule has 2 nitrogen and oxygen atoms in total. The Balaban J connectivity index is 2.19. The molecule has 0 unspecified atom stereocenters. The molecule has 3 N–H and O–H groups in total. The molecule has 0 bridgehead atoms. The van der Waals surface area contributed by atoms with Crippen LogP contribution in [0.25, 0.3) is 0 Å². The second-order valence-electron chi connectivity index (χ2n) is 4.95. The molecule has 0 amide bonds. The van der Waals surface area contributed by atoms with Crippen LogP contribution in [0.15, 0.2) is 42.5 Å². The quantitative estimate of drug-likeness (QED) is 0.769. The van der Waals surface area contributed by atoms with Crippen molar-refractivity contribution in [2.45, 2.75) is 26.2 Å². The van der Waals surface area contributed by atoms with Gasteiger partial charge in [0.1, 0.15) is 10.8 Å². The number of thiocarbonyl (C=S) groups is 1. The van der Waals surface area contributed by atoms with E-state index < -0.39 is 5.82 Å².